The molecule has 4 nitrogen and oxygen atoms in total. The van der Waals surface area contributed by atoms with E-state index in [9.17, 15) is 4.79 Å². The van der Waals surface area contributed by atoms with Crippen molar-refractivity contribution in [3.8, 4) is 5.75 Å². The van der Waals surface area contributed by atoms with Gasteiger partial charge in [0.2, 0.25) is 5.91 Å². The zero-order valence-electron chi connectivity index (χ0n) is 11.3. The Kier molecular flexibility index (Phi) is 5.65. The average molecular weight is 250 g/mol. The fraction of sp³-hybridized carbons (Fsp3) is 0.500. The van der Waals surface area contributed by atoms with E-state index < -0.39 is 6.04 Å². The molecule has 1 aromatic rings. The van der Waals surface area contributed by atoms with Crippen LogP contribution in [0.3, 0.4) is 0 Å². The van der Waals surface area contributed by atoms with Crippen LogP contribution in [-0.4, -0.2) is 25.1 Å². The Hall–Kier alpha value is -1.55. The highest BCUT2D eigenvalue weighted by Gasteiger charge is 2.05. The molecule has 0 bridgehead atoms. The zero-order valence-corrected chi connectivity index (χ0v) is 11.3. The molecule has 0 aliphatic rings. The van der Waals surface area contributed by atoms with E-state index in [0.717, 1.165) is 5.75 Å². The van der Waals surface area contributed by atoms with E-state index >= 15 is 0 Å². The maximum absolute atomic E-state index is 11.2. The number of amides is 1. The van der Waals surface area contributed by atoms with Gasteiger partial charge in [-0.2, -0.15) is 0 Å². The monoisotopic (exact) mass is 250 g/mol. The van der Waals surface area contributed by atoms with Crippen LogP contribution in [0.5, 0.6) is 5.75 Å². The number of hydrogen-bond donors (Lipinski definition) is 2. The Balaban J connectivity index is 2.29. The van der Waals surface area contributed by atoms with E-state index in [4.69, 9.17) is 10.5 Å². The molecule has 0 saturated heterocycles. The molecule has 0 spiro atoms. The summed E-state index contributed by atoms with van der Waals surface area (Å²) in [5, 5.41) is 2.69. The first-order valence-electron chi connectivity index (χ1n) is 6.26. The molecular formula is C14H22N2O2. The summed E-state index contributed by atoms with van der Waals surface area (Å²) in [4.78, 5) is 11.2. The van der Waals surface area contributed by atoms with Crippen molar-refractivity contribution in [2.75, 3.05) is 13.2 Å². The van der Waals surface area contributed by atoms with Gasteiger partial charge in [-0.15, -0.1) is 0 Å². The number of carbonyl (C=O) groups is 1. The van der Waals surface area contributed by atoms with Crippen molar-refractivity contribution in [1.29, 1.82) is 0 Å². The molecule has 1 aromatic carbocycles. The van der Waals surface area contributed by atoms with Crippen molar-refractivity contribution in [1.82, 2.24) is 5.32 Å². The normalized spacial score (nSPS) is 12.3. The topological polar surface area (TPSA) is 64.3 Å². The van der Waals surface area contributed by atoms with Gasteiger partial charge < -0.3 is 15.8 Å². The van der Waals surface area contributed by atoms with Gasteiger partial charge in [-0.05, 0) is 30.5 Å². The van der Waals surface area contributed by atoms with E-state index in [1.165, 1.54) is 5.56 Å². The molecule has 1 amide bonds. The van der Waals surface area contributed by atoms with Gasteiger partial charge in [-0.3, -0.25) is 4.79 Å². The molecule has 4 heteroatoms. The minimum Gasteiger partial charge on any atom is -0.492 e. The van der Waals surface area contributed by atoms with Gasteiger partial charge in [0.05, 0.1) is 12.6 Å². The van der Waals surface area contributed by atoms with Crippen molar-refractivity contribution < 1.29 is 9.53 Å². The largest absolute Gasteiger partial charge is 0.492 e. The summed E-state index contributed by atoms with van der Waals surface area (Å²) in [6, 6.07) is 7.53. The summed E-state index contributed by atoms with van der Waals surface area (Å²) in [5.74, 6) is 1.17. The molecule has 0 aliphatic carbocycles. The summed E-state index contributed by atoms with van der Waals surface area (Å²) in [6.07, 6.45) is 0. The zero-order chi connectivity index (χ0) is 13.5. The maximum atomic E-state index is 11.2. The Labute approximate surface area is 109 Å². The summed E-state index contributed by atoms with van der Waals surface area (Å²) in [6.45, 7) is 6.87. The van der Waals surface area contributed by atoms with Crippen LogP contribution in [0.15, 0.2) is 24.3 Å². The number of hydrogen-bond acceptors (Lipinski definition) is 3. The molecule has 1 atom stereocenters. The summed E-state index contributed by atoms with van der Waals surface area (Å²) in [5.41, 5.74) is 6.71. The third kappa shape index (κ3) is 4.75. The molecular weight excluding hydrogens is 228 g/mol. The molecule has 1 rings (SSSR count). The first-order chi connectivity index (χ1) is 8.50. The molecule has 0 aliphatic heterocycles. The summed E-state index contributed by atoms with van der Waals surface area (Å²) in [7, 11) is 0. The van der Waals surface area contributed by atoms with Crippen molar-refractivity contribution >= 4 is 5.91 Å². The van der Waals surface area contributed by atoms with Crippen molar-refractivity contribution in [2.24, 2.45) is 5.73 Å². The van der Waals surface area contributed by atoms with Crippen LogP contribution in [0.2, 0.25) is 0 Å². The highest BCUT2D eigenvalue weighted by Crippen LogP contribution is 2.18. The van der Waals surface area contributed by atoms with E-state index in [1.54, 1.807) is 6.92 Å². The molecule has 0 saturated carbocycles. The Bertz CT molecular complexity index is 372. The highest BCUT2D eigenvalue weighted by molar-refractivity contribution is 5.80. The SMILES string of the molecule is CC(C)c1ccc(OCCNC(=O)[C@@H](C)N)cc1. The molecule has 3 N–H and O–H groups in total. The quantitative estimate of drug-likeness (QED) is 0.755. The van der Waals surface area contributed by atoms with Crippen molar-refractivity contribution in [3.05, 3.63) is 29.8 Å². The summed E-state index contributed by atoms with van der Waals surface area (Å²) >= 11 is 0. The number of rotatable bonds is 6. The number of benzene rings is 1. The lowest BCUT2D eigenvalue weighted by Crippen LogP contribution is -2.40. The molecule has 18 heavy (non-hydrogen) atoms. The van der Waals surface area contributed by atoms with Gasteiger partial charge in [-0.25, -0.2) is 0 Å². The first kappa shape index (κ1) is 14.5. The Morgan fingerprint density at radius 2 is 1.89 bits per heavy atom. The first-order valence-corrected chi connectivity index (χ1v) is 6.26. The third-order valence-electron chi connectivity index (χ3n) is 2.63. The van der Waals surface area contributed by atoms with Crippen LogP contribution in [0.1, 0.15) is 32.3 Å². The second-order valence-electron chi connectivity index (χ2n) is 4.65. The fourth-order valence-electron chi connectivity index (χ4n) is 1.45. The van der Waals surface area contributed by atoms with Gasteiger partial charge in [0.1, 0.15) is 12.4 Å². The van der Waals surface area contributed by atoms with E-state index in [2.05, 4.69) is 31.3 Å². The highest BCUT2D eigenvalue weighted by atomic mass is 16.5. The number of ether oxygens (including phenoxy) is 1. The number of nitrogens with two attached hydrogens (primary N) is 1. The van der Waals surface area contributed by atoms with Crippen LogP contribution in [-0.2, 0) is 4.79 Å². The predicted molar refractivity (Wildman–Crippen MR) is 72.7 cm³/mol. The standard InChI is InChI=1S/C14H22N2O2/c1-10(2)12-4-6-13(7-5-12)18-9-8-16-14(17)11(3)15/h4-7,10-11H,8-9,15H2,1-3H3,(H,16,17)/t11-/m1/s1. The molecule has 0 heterocycles. The minimum atomic E-state index is -0.477. The second kappa shape index (κ2) is 7.01. The minimum absolute atomic E-state index is 0.159. The third-order valence-corrected chi connectivity index (χ3v) is 2.63. The van der Waals surface area contributed by atoms with Gasteiger partial charge in [0, 0.05) is 0 Å². The molecule has 100 valence electrons. The van der Waals surface area contributed by atoms with E-state index in [-0.39, 0.29) is 5.91 Å². The molecule has 0 fully saturated rings. The smallest absolute Gasteiger partial charge is 0.236 e. The predicted octanol–water partition coefficient (Wildman–Crippen LogP) is 1.65. The van der Waals surface area contributed by atoms with Gasteiger partial charge >= 0.3 is 0 Å². The summed E-state index contributed by atoms with van der Waals surface area (Å²) < 4.78 is 5.52. The van der Waals surface area contributed by atoms with E-state index in [0.29, 0.717) is 19.1 Å². The fourth-order valence-corrected chi connectivity index (χ4v) is 1.45. The van der Waals surface area contributed by atoms with Gasteiger partial charge in [0.15, 0.2) is 0 Å². The van der Waals surface area contributed by atoms with Crippen LogP contribution in [0.25, 0.3) is 0 Å². The molecule has 0 unspecified atom stereocenters. The van der Waals surface area contributed by atoms with E-state index in [1.807, 2.05) is 12.1 Å². The lowest BCUT2D eigenvalue weighted by atomic mass is 10.0. The molecule has 0 radical (unpaired) electrons. The second-order valence-corrected chi connectivity index (χ2v) is 4.65. The molecule has 0 aromatic heterocycles. The maximum Gasteiger partial charge on any atom is 0.236 e. The van der Waals surface area contributed by atoms with Crippen LogP contribution in [0.4, 0.5) is 0 Å². The van der Waals surface area contributed by atoms with Crippen LogP contribution < -0.4 is 15.8 Å². The number of nitrogens with one attached hydrogen (secondary N) is 1. The van der Waals surface area contributed by atoms with Crippen molar-refractivity contribution in [3.63, 3.8) is 0 Å². The van der Waals surface area contributed by atoms with Gasteiger partial charge in [0.25, 0.3) is 0 Å². The average Bonchev–Trinajstić information content (AvgIpc) is 2.34. The lowest BCUT2D eigenvalue weighted by Gasteiger charge is -2.10. The number of carbonyl (C=O) groups excluding carboxylic acids is 1. The Morgan fingerprint density at radius 1 is 1.28 bits per heavy atom. The lowest BCUT2D eigenvalue weighted by molar-refractivity contribution is -0.122. The van der Waals surface area contributed by atoms with Gasteiger partial charge in [-0.1, -0.05) is 26.0 Å². The van der Waals surface area contributed by atoms with Crippen molar-refractivity contribution in [2.45, 2.75) is 32.7 Å². The van der Waals surface area contributed by atoms with Crippen LogP contribution >= 0.6 is 0 Å². The van der Waals surface area contributed by atoms with Crippen LogP contribution in [0, 0.1) is 0 Å². The Morgan fingerprint density at radius 3 is 2.39 bits per heavy atom.